The molecule has 0 aliphatic rings. The summed E-state index contributed by atoms with van der Waals surface area (Å²) >= 11 is 0. The summed E-state index contributed by atoms with van der Waals surface area (Å²) in [6, 6.07) is 22.1. The van der Waals surface area contributed by atoms with Crippen molar-refractivity contribution in [3.63, 3.8) is 0 Å². The largest absolute Gasteiger partial charge is 0.493 e. The first-order valence-electron chi connectivity index (χ1n) is 9.12. The molecule has 0 aliphatic carbocycles. The van der Waals surface area contributed by atoms with E-state index in [1.807, 2.05) is 42.5 Å². The highest BCUT2D eigenvalue weighted by molar-refractivity contribution is 5.77. The number of carbonyl (C=O) groups is 1. The molecular weight excluding hydrogens is 370 g/mol. The van der Waals surface area contributed by atoms with E-state index in [-0.39, 0.29) is 12.5 Å². The SMILES string of the molecule is COc1cccc(CNC(=O)COc2ccc(Oc3ccccc3)cc2)c1OC. The van der Waals surface area contributed by atoms with Gasteiger partial charge < -0.3 is 24.3 Å². The summed E-state index contributed by atoms with van der Waals surface area (Å²) in [6.45, 7) is 0.220. The number of benzene rings is 3. The summed E-state index contributed by atoms with van der Waals surface area (Å²) < 4.78 is 21.9. The second kappa shape index (κ2) is 10.0. The Hall–Kier alpha value is -3.67. The fourth-order valence-corrected chi connectivity index (χ4v) is 2.72. The fraction of sp³-hybridized carbons (Fsp3) is 0.174. The van der Waals surface area contributed by atoms with Crippen LogP contribution in [0.5, 0.6) is 28.7 Å². The van der Waals surface area contributed by atoms with Crippen LogP contribution in [0.15, 0.2) is 72.8 Å². The minimum Gasteiger partial charge on any atom is -0.493 e. The van der Waals surface area contributed by atoms with Gasteiger partial charge in [-0.05, 0) is 42.5 Å². The van der Waals surface area contributed by atoms with E-state index < -0.39 is 0 Å². The van der Waals surface area contributed by atoms with Crippen LogP contribution >= 0.6 is 0 Å². The number of rotatable bonds is 9. The third kappa shape index (κ3) is 5.65. The molecule has 150 valence electrons. The molecule has 6 nitrogen and oxygen atoms in total. The van der Waals surface area contributed by atoms with Gasteiger partial charge in [0.2, 0.25) is 0 Å². The zero-order chi connectivity index (χ0) is 20.5. The third-order valence-corrected chi connectivity index (χ3v) is 4.13. The maximum atomic E-state index is 12.1. The molecule has 0 aliphatic heterocycles. The van der Waals surface area contributed by atoms with E-state index in [1.54, 1.807) is 44.6 Å². The highest BCUT2D eigenvalue weighted by Crippen LogP contribution is 2.30. The Morgan fingerprint density at radius 2 is 1.48 bits per heavy atom. The van der Waals surface area contributed by atoms with Crippen LogP contribution < -0.4 is 24.3 Å². The maximum Gasteiger partial charge on any atom is 0.258 e. The molecule has 6 heteroatoms. The van der Waals surface area contributed by atoms with Crippen LogP contribution in [0.1, 0.15) is 5.56 Å². The number of hydrogen-bond donors (Lipinski definition) is 1. The number of methoxy groups -OCH3 is 2. The average Bonchev–Trinajstić information content (AvgIpc) is 2.77. The van der Waals surface area contributed by atoms with Gasteiger partial charge in [-0.2, -0.15) is 0 Å². The van der Waals surface area contributed by atoms with Crippen molar-refractivity contribution in [2.75, 3.05) is 20.8 Å². The Balaban J connectivity index is 1.48. The van der Waals surface area contributed by atoms with Crippen molar-refractivity contribution in [1.29, 1.82) is 0 Å². The molecule has 0 fully saturated rings. The van der Waals surface area contributed by atoms with Crippen molar-refractivity contribution in [3.8, 4) is 28.7 Å². The third-order valence-electron chi connectivity index (χ3n) is 4.13. The quantitative estimate of drug-likeness (QED) is 0.590. The zero-order valence-corrected chi connectivity index (χ0v) is 16.4. The lowest BCUT2D eigenvalue weighted by Gasteiger charge is -2.13. The second-order valence-corrected chi connectivity index (χ2v) is 6.10. The number of carbonyl (C=O) groups excluding carboxylic acids is 1. The standard InChI is InChI=1S/C23H23NO5/c1-26-21-10-6-7-17(23(21)27-2)15-24-22(25)16-28-18-11-13-20(14-12-18)29-19-8-4-3-5-9-19/h3-14H,15-16H2,1-2H3,(H,24,25). The van der Waals surface area contributed by atoms with Crippen molar-refractivity contribution in [2.24, 2.45) is 0 Å². The van der Waals surface area contributed by atoms with Gasteiger partial charge in [-0.1, -0.05) is 30.3 Å². The smallest absolute Gasteiger partial charge is 0.258 e. The molecular formula is C23H23NO5. The summed E-state index contributed by atoms with van der Waals surface area (Å²) in [5, 5.41) is 2.82. The zero-order valence-electron chi connectivity index (χ0n) is 16.4. The minimum absolute atomic E-state index is 0.0921. The highest BCUT2D eigenvalue weighted by atomic mass is 16.5. The molecule has 0 saturated heterocycles. The molecule has 1 amide bonds. The van der Waals surface area contributed by atoms with Crippen LogP contribution in [0.2, 0.25) is 0 Å². The predicted molar refractivity (Wildman–Crippen MR) is 110 cm³/mol. The number of nitrogens with one attached hydrogen (secondary N) is 1. The van der Waals surface area contributed by atoms with Gasteiger partial charge in [0, 0.05) is 12.1 Å². The summed E-state index contributed by atoms with van der Waals surface area (Å²) in [5.41, 5.74) is 0.822. The van der Waals surface area contributed by atoms with E-state index in [9.17, 15) is 4.79 Å². The molecule has 3 aromatic rings. The van der Waals surface area contributed by atoms with E-state index in [0.717, 1.165) is 11.3 Å². The summed E-state index contributed by atoms with van der Waals surface area (Å²) in [6.07, 6.45) is 0. The topological polar surface area (TPSA) is 66.0 Å². The second-order valence-electron chi connectivity index (χ2n) is 6.10. The minimum atomic E-state index is -0.237. The Bertz CT molecular complexity index is 926. The van der Waals surface area contributed by atoms with Crippen molar-refractivity contribution in [1.82, 2.24) is 5.32 Å². The number of hydrogen-bond acceptors (Lipinski definition) is 5. The Labute approximate surface area is 170 Å². The molecule has 0 bridgehead atoms. The van der Waals surface area contributed by atoms with Gasteiger partial charge in [-0.3, -0.25) is 4.79 Å². The van der Waals surface area contributed by atoms with Gasteiger partial charge in [0.25, 0.3) is 5.91 Å². The molecule has 0 aromatic heterocycles. The highest BCUT2D eigenvalue weighted by Gasteiger charge is 2.11. The van der Waals surface area contributed by atoms with Gasteiger partial charge in [-0.25, -0.2) is 0 Å². The van der Waals surface area contributed by atoms with Crippen molar-refractivity contribution in [3.05, 3.63) is 78.4 Å². The summed E-state index contributed by atoms with van der Waals surface area (Å²) in [5.74, 6) is 3.02. The molecule has 0 heterocycles. The van der Waals surface area contributed by atoms with Gasteiger partial charge in [0.15, 0.2) is 18.1 Å². The van der Waals surface area contributed by atoms with Crippen LogP contribution in [0, 0.1) is 0 Å². The van der Waals surface area contributed by atoms with Crippen LogP contribution in [0.3, 0.4) is 0 Å². The van der Waals surface area contributed by atoms with E-state index >= 15 is 0 Å². The first kappa shape index (κ1) is 20.1. The summed E-state index contributed by atoms with van der Waals surface area (Å²) in [7, 11) is 3.14. The lowest BCUT2D eigenvalue weighted by atomic mass is 10.2. The van der Waals surface area contributed by atoms with Crippen LogP contribution in [0.25, 0.3) is 0 Å². The average molecular weight is 393 g/mol. The molecule has 0 radical (unpaired) electrons. The van der Waals surface area contributed by atoms with Crippen molar-refractivity contribution in [2.45, 2.75) is 6.54 Å². The number of para-hydroxylation sites is 2. The molecule has 0 saturated carbocycles. The van der Waals surface area contributed by atoms with E-state index in [4.69, 9.17) is 18.9 Å². The van der Waals surface area contributed by atoms with Gasteiger partial charge in [-0.15, -0.1) is 0 Å². The first-order chi connectivity index (χ1) is 14.2. The Kier molecular flexibility index (Phi) is 6.95. The van der Waals surface area contributed by atoms with E-state index in [1.165, 1.54) is 0 Å². The van der Waals surface area contributed by atoms with Crippen molar-refractivity contribution < 1.29 is 23.7 Å². The van der Waals surface area contributed by atoms with Crippen LogP contribution in [-0.2, 0) is 11.3 Å². The first-order valence-corrected chi connectivity index (χ1v) is 9.12. The van der Waals surface area contributed by atoms with E-state index in [2.05, 4.69) is 5.32 Å². The van der Waals surface area contributed by atoms with Crippen LogP contribution in [0.4, 0.5) is 0 Å². The van der Waals surface area contributed by atoms with Gasteiger partial charge in [0.1, 0.15) is 17.2 Å². The normalized spacial score (nSPS) is 10.1. The predicted octanol–water partition coefficient (Wildman–Crippen LogP) is 4.19. The molecule has 1 N–H and O–H groups in total. The van der Waals surface area contributed by atoms with Gasteiger partial charge in [0.05, 0.1) is 14.2 Å². The fourth-order valence-electron chi connectivity index (χ4n) is 2.72. The molecule has 3 rings (SSSR count). The molecule has 29 heavy (non-hydrogen) atoms. The van der Waals surface area contributed by atoms with Gasteiger partial charge >= 0.3 is 0 Å². The Morgan fingerprint density at radius 1 is 0.793 bits per heavy atom. The monoisotopic (exact) mass is 393 g/mol. The maximum absolute atomic E-state index is 12.1. The molecule has 0 atom stereocenters. The lowest BCUT2D eigenvalue weighted by molar-refractivity contribution is -0.123. The number of ether oxygens (including phenoxy) is 4. The molecule has 0 unspecified atom stereocenters. The lowest BCUT2D eigenvalue weighted by Crippen LogP contribution is -2.28. The Morgan fingerprint density at radius 3 is 2.17 bits per heavy atom. The van der Waals surface area contributed by atoms with Crippen LogP contribution in [-0.4, -0.2) is 26.7 Å². The van der Waals surface area contributed by atoms with E-state index in [0.29, 0.717) is 29.5 Å². The molecule has 0 spiro atoms. The van der Waals surface area contributed by atoms with Crippen molar-refractivity contribution >= 4 is 5.91 Å². The summed E-state index contributed by atoms with van der Waals surface area (Å²) in [4.78, 5) is 12.1. The number of amides is 1. The molecule has 3 aromatic carbocycles.